The van der Waals surface area contributed by atoms with Crippen molar-refractivity contribution in [1.29, 1.82) is 0 Å². The van der Waals surface area contributed by atoms with E-state index in [0.717, 1.165) is 0 Å². The molecule has 5 nitrogen and oxygen atoms in total. The lowest BCUT2D eigenvalue weighted by Crippen LogP contribution is -2.25. The summed E-state index contributed by atoms with van der Waals surface area (Å²) >= 11 is 0. The SMILES string of the molecule is CCOC(=O)Cc1[nH]cc(OC(F)(F)F)c(=O)c1CF. The van der Waals surface area contributed by atoms with Crippen molar-refractivity contribution in [3.63, 3.8) is 0 Å². The highest BCUT2D eigenvalue weighted by Crippen LogP contribution is 2.20. The molecule has 20 heavy (non-hydrogen) atoms. The van der Waals surface area contributed by atoms with Crippen LogP contribution in [0.5, 0.6) is 5.75 Å². The molecule has 0 atom stereocenters. The molecule has 0 saturated carbocycles. The number of rotatable bonds is 5. The fourth-order valence-electron chi connectivity index (χ4n) is 1.45. The Bertz CT molecular complexity index is 538. The number of esters is 1. The first-order chi connectivity index (χ1) is 9.28. The average Bonchev–Trinajstić information content (AvgIpc) is 2.32. The maximum Gasteiger partial charge on any atom is 0.573 e. The molecule has 0 amide bonds. The summed E-state index contributed by atoms with van der Waals surface area (Å²) in [7, 11) is 0. The average molecular weight is 297 g/mol. The summed E-state index contributed by atoms with van der Waals surface area (Å²) in [5, 5.41) is 0. The van der Waals surface area contributed by atoms with E-state index in [1.54, 1.807) is 6.92 Å². The van der Waals surface area contributed by atoms with Gasteiger partial charge in [-0.3, -0.25) is 9.59 Å². The summed E-state index contributed by atoms with van der Waals surface area (Å²) in [6.07, 6.45) is -4.89. The molecule has 1 heterocycles. The van der Waals surface area contributed by atoms with Crippen LogP contribution in [-0.4, -0.2) is 23.9 Å². The smallest absolute Gasteiger partial charge is 0.466 e. The van der Waals surface area contributed by atoms with Crippen molar-refractivity contribution in [2.75, 3.05) is 6.61 Å². The minimum atomic E-state index is -5.07. The van der Waals surface area contributed by atoms with Gasteiger partial charge in [0.05, 0.1) is 18.6 Å². The van der Waals surface area contributed by atoms with Gasteiger partial charge in [0.1, 0.15) is 6.67 Å². The largest absolute Gasteiger partial charge is 0.573 e. The van der Waals surface area contributed by atoms with Gasteiger partial charge in [-0.25, -0.2) is 4.39 Å². The summed E-state index contributed by atoms with van der Waals surface area (Å²) in [6, 6.07) is 0. The molecule has 0 fully saturated rings. The molecule has 1 aromatic heterocycles. The van der Waals surface area contributed by atoms with Gasteiger partial charge in [-0.2, -0.15) is 0 Å². The summed E-state index contributed by atoms with van der Waals surface area (Å²) in [6.45, 7) is 0.305. The highest BCUT2D eigenvalue weighted by atomic mass is 19.4. The lowest BCUT2D eigenvalue weighted by atomic mass is 10.1. The molecule has 0 aliphatic rings. The van der Waals surface area contributed by atoms with Gasteiger partial charge >= 0.3 is 12.3 Å². The summed E-state index contributed by atoms with van der Waals surface area (Å²) in [4.78, 5) is 25.1. The minimum Gasteiger partial charge on any atom is -0.466 e. The van der Waals surface area contributed by atoms with E-state index in [1.807, 2.05) is 0 Å². The Hall–Kier alpha value is -2.06. The third-order valence-corrected chi connectivity index (χ3v) is 2.23. The van der Waals surface area contributed by atoms with Gasteiger partial charge in [0.25, 0.3) is 0 Å². The molecule has 0 spiro atoms. The fourth-order valence-corrected chi connectivity index (χ4v) is 1.45. The van der Waals surface area contributed by atoms with Crippen LogP contribution in [0.2, 0.25) is 0 Å². The van der Waals surface area contributed by atoms with E-state index < -0.39 is 42.2 Å². The van der Waals surface area contributed by atoms with Gasteiger partial charge in [0, 0.05) is 11.9 Å². The van der Waals surface area contributed by atoms with Crippen LogP contribution in [0.3, 0.4) is 0 Å². The summed E-state index contributed by atoms with van der Waals surface area (Å²) in [5.41, 5.74) is -2.01. The van der Waals surface area contributed by atoms with Gasteiger partial charge in [-0.05, 0) is 6.92 Å². The van der Waals surface area contributed by atoms with E-state index in [2.05, 4.69) is 14.5 Å². The Balaban J connectivity index is 3.09. The molecule has 0 aliphatic heterocycles. The van der Waals surface area contributed by atoms with Crippen molar-refractivity contribution in [3.8, 4) is 5.75 Å². The standard InChI is InChI=1S/C11H11F4NO4/c1-2-19-9(17)3-7-6(4-12)10(18)8(5-16-7)20-11(13,14)15/h5H,2-4H2,1H3,(H,16,18). The number of aromatic nitrogens is 1. The van der Waals surface area contributed by atoms with Crippen molar-refractivity contribution >= 4 is 5.97 Å². The van der Waals surface area contributed by atoms with Gasteiger partial charge in [0.15, 0.2) is 5.75 Å². The van der Waals surface area contributed by atoms with Crippen LogP contribution >= 0.6 is 0 Å². The van der Waals surface area contributed by atoms with Crippen molar-refractivity contribution < 1.29 is 31.8 Å². The van der Waals surface area contributed by atoms with Gasteiger partial charge in [-0.1, -0.05) is 0 Å². The first-order valence-corrected chi connectivity index (χ1v) is 5.49. The predicted molar refractivity (Wildman–Crippen MR) is 58.9 cm³/mol. The molecule has 0 bridgehead atoms. The van der Waals surface area contributed by atoms with Crippen LogP contribution in [0.15, 0.2) is 11.0 Å². The Morgan fingerprint density at radius 3 is 2.55 bits per heavy atom. The molecule has 0 aromatic carbocycles. The van der Waals surface area contributed by atoms with Crippen LogP contribution in [0.4, 0.5) is 17.6 Å². The molecule has 0 saturated heterocycles. The number of H-pyrrole nitrogens is 1. The molecular formula is C11H11F4NO4. The quantitative estimate of drug-likeness (QED) is 0.665. The zero-order valence-electron chi connectivity index (χ0n) is 10.3. The number of halogens is 4. The highest BCUT2D eigenvalue weighted by molar-refractivity contribution is 5.72. The van der Waals surface area contributed by atoms with Crippen LogP contribution in [0.1, 0.15) is 18.2 Å². The molecule has 112 valence electrons. The summed E-state index contributed by atoms with van der Waals surface area (Å²) in [5.74, 6) is -1.82. The molecule has 0 radical (unpaired) electrons. The molecule has 9 heteroatoms. The number of carbonyl (C=O) groups is 1. The second-order valence-electron chi connectivity index (χ2n) is 3.60. The van der Waals surface area contributed by atoms with E-state index in [1.165, 1.54) is 0 Å². The highest BCUT2D eigenvalue weighted by Gasteiger charge is 2.33. The monoisotopic (exact) mass is 297 g/mol. The number of hydrogen-bond donors (Lipinski definition) is 1. The molecule has 1 aromatic rings. The maximum absolute atomic E-state index is 12.8. The van der Waals surface area contributed by atoms with Crippen LogP contribution in [0.25, 0.3) is 0 Å². The van der Waals surface area contributed by atoms with Crippen molar-refractivity contribution in [2.24, 2.45) is 0 Å². The number of alkyl halides is 4. The second kappa shape index (κ2) is 6.40. The zero-order valence-corrected chi connectivity index (χ0v) is 10.3. The van der Waals surface area contributed by atoms with E-state index >= 15 is 0 Å². The topological polar surface area (TPSA) is 68.4 Å². The first kappa shape index (κ1) is 16.0. The second-order valence-corrected chi connectivity index (χ2v) is 3.60. The number of pyridine rings is 1. The van der Waals surface area contributed by atoms with Crippen molar-refractivity contribution in [2.45, 2.75) is 26.4 Å². The Morgan fingerprint density at radius 2 is 2.05 bits per heavy atom. The van der Waals surface area contributed by atoms with Crippen molar-refractivity contribution in [1.82, 2.24) is 4.98 Å². The van der Waals surface area contributed by atoms with Crippen LogP contribution in [0, 0.1) is 0 Å². The summed E-state index contributed by atoms with van der Waals surface area (Å²) < 4.78 is 56.9. The van der Waals surface area contributed by atoms with Crippen molar-refractivity contribution in [3.05, 3.63) is 27.7 Å². The number of hydrogen-bond acceptors (Lipinski definition) is 4. The normalized spacial score (nSPS) is 11.2. The maximum atomic E-state index is 12.8. The van der Waals surface area contributed by atoms with E-state index in [0.29, 0.717) is 6.20 Å². The Labute approximate surface area is 110 Å². The lowest BCUT2D eigenvalue weighted by molar-refractivity contribution is -0.275. The predicted octanol–water partition coefficient (Wildman–Crippen LogP) is 1.85. The first-order valence-electron chi connectivity index (χ1n) is 5.49. The van der Waals surface area contributed by atoms with Crippen LogP contribution < -0.4 is 10.2 Å². The Morgan fingerprint density at radius 1 is 1.40 bits per heavy atom. The van der Waals surface area contributed by atoms with Gasteiger partial charge in [0.2, 0.25) is 5.43 Å². The Kier molecular flexibility index (Phi) is 5.12. The molecule has 0 unspecified atom stereocenters. The number of carbonyl (C=O) groups excluding carboxylic acids is 1. The van der Waals surface area contributed by atoms with Crippen LogP contribution in [-0.2, 0) is 22.6 Å². The lowest BCUT2D eigenvalue weighted by Gasteiger charge is -2.11. The molecule has 1 N–H and O–H groups in total. The number of aromatic amines is 1. The third kappa shape index (κ3) is 4.25. The van der Waals surface area contributed by atoms with E-state index in [-0.39, 0.29) is 12.3 Å². The van der Waals surface area contributed by atoms with Gasteiger partial charge < -0.3 is 14.5 Å². The van der Waals surface area contributed by atoms with Gasteiger partial charge in [-0.15, -0.1) is 13.2 Å². The number of nitrogens with one attached hydrogen (secondary N) is 1. The van der Waals surface area contributed by atoms with E-state index in [9.17, 15) is 27.2 Å². The molecule has 0 aliphatic carbocycles. The minimum absolute atomic E-state index is 0.0866. The number of ether oxygens (including phenoxy) is 2. The van der Waals surface area contributed by atoms with E-state index in [4.69, 9.17) is 0 Å². The molecule has 1 rings (SSSR count). The zero-order chi connectivity index (χ0) is 15.3. The molecular weight excluding hydrogens is 286 g/mol. The fraction of sp³-hybridized carbons (Fsp3) is 0.455. The third-order valence-electron chi connectivity index (χ3n) is 2.23.